The van der Waals surface area contributed by atoms with E-state index in [4.69, 9.17) is 16.3 Å². The number of fused-ring (bicyclic) bond motifs is 1. The van der Waals surface area contributed by atoms with E-state index >= 15 is 0 Å². The summed E-state index contributed by atoms with van der Waals surface area (Å²) >= 11 is 7.21. The Morgan fingerprint density at radius 3 is 2.78 bits per heavy atom. The number of hydrogen-bond acceptors (Lipinski definition) is 5. The van der Waals surface area contributed by atoms with Gasteiger partial charge in [0.05, 0.1) is 0 Å². The van der Waals surface area contributed by atoms with E-state index in [9.17, 15) is 4.79 Å². The van der Waals surface area contributed by atoms with E-state index in [0.29, 0.717) is 10.2 Å². The average Bonchev–Trinajstić information content (AvgIpc) is 3.15. The number of nitrogens with one attached hydrogen (secondary N) is 1. The molecule has 27 heavy (non-hydrogen) atoms. The topological polar surface area (TPSA) is 64.1 Å². The Bertz CT molecular complexity index is 956. The van der Waals surface area contributed by atoms with Gasteiger partial charge in [0.1, 0.15) is 10.8 Å². The zero-order valence-electron chi connectivity index (χ0n) is 14.6. The number of anilines is 1. The molecule has 1 aliphatic rings. The molecule has 4 rings (SSSR count). The number of halogens is 1. The van der Waals surface area contributed by atoms with Crippen LogP contribution in [-0.2, 0) is 17.6 Å². The molecule has 7 heteroatoms. The van der Waals surface area contributed by atoms with Crippen molar-refractivity contribution in [3.8, 4) is 16.3 Å². The predicted molar refractivity (Wildman–Crippen MR) is 108 cm³/mol. The largest absolute Gasteiger partial charge is 0.483 e. The summed E-state index contributed by atoms with van der Waals surface area (Å²) in [6, 6.07) is 13.4. The average molecular weight is 400 g/mol. The molecular weight excluding hydrogens is 382 g/mol. The Kier molecular flexibility index (Phi) is 5.36. The van der Waals surface area contributed by atoms with E-state index in [0.717, 1.165) is 35.6 Å². The summed E-state index contributed by atoms with van der Waals surface area (Å²) in [4.78, 5) is 12.2. The third kappa shape index (κ3) is 4.28. The lowest BCUT2D eigenvalue weighted by molar-refractivity contribution is -0.118. The van der Waals surface area contributed by atoms with Gasteiger partial charge >= 0.3 is 0 Å². The standard InChI is InChI=1S/C20H18ClN3O2S/c21-15-10-8-14(9-11-15)19-23-24-20(27-19)22-18(25)12-26-17-7-3-5-13-4-1-2-6-16(13)17/h3,5,7-11H,1-2,4,6,12H2,(H,22,24,25). The van der Waals surface area contributed by atoms with E-state index in [2.05, 4.69) is 21.6 Å². The van der Waals surface area contributed by atoms with Gasteiger partial charge in [0, 0.05) is 10.6 Å². The molecule has 1 N–H and O–H groups in total. The van der Waals surface area contributed by atoms with Crippen molar-refractivity contribution < 1.29 is 9.53 Å². The molecule has 0 spiro atoms. The predicted octanol–water partition coefficient (Wildman–Crippen LogP) is 4.75. The number of carbonyl (C=O) groups excluding carboxylic acids is 1. The second-order valence-corrected chi connectivity index (χ2v) is 7.77. The van der Waals surface area contributed by atoms with Gasteiger partial charge in [-0.1, -0.05) is 47.2 Å². The van der Waals surface area contributed by atoms with Crippen LogP contribution in [-0.4, -0.2) is 22.7 Å². The van der Waals surface area contributed by atoms with Crippen molar-refractivity contribution in [1.82, 2.24) is 10.2 Å². The Balaban J connectivity index is 1.37. The fourth-order valence-corrected chi connectivity index (χ4v) is 4.05. The molecule has 0 saturated heterocycles. The van der Waals surface area contributed by atoms with Crippen LogP contribution in [0.4, 0.5) is 5.13 Å². The minimum atomic E-state index is -0.248. The number of benzene rings is 2. The number of hydrogen-bond donors (Lipinski definition) is 1. The molecule has 0 saturated carbocycles. The van der Waals surface area contributed by atoms with Crippen LogP contribution >= 0.6 is 22.9 Å². The van der Waals surface area contributed by atoms with Gasteiger partial charge in [0.15, 0.2) is 6.61 Å². The lowest BCUT2D eigenvalue weighted by Crippen LogP contribution is -2.20. The Morgan fingerprint density at radius 1 is 1.11 bits per heavy atom. The monoisotopic (exact) mass is 399 g/mol. The van der Waals surface area contributed by atoms with Crippen molar-refractivity contribution in [1.29, 1.82) is 0 Å². The van der Waals surface area contributed by atoms with Crippen molar-refractivity contribution >= 4 is 34.0 Å². The third-order valence-electron chi connectivity index (χ3n) is 4.47. The first-order valence-electron chi connectivity index (χ1n) is 8.82. The van der Waals surface area contributed by atoms with Crippen LogP contribution in [0, 0.1) is 0 Å². The second-order valence-electron chi connectivity index (χ2n) is 6.36. The molecule has 1 aliphatic carbocycles. The van der Waals surface area contributed by atoms with Crippen LogP contribution in [0.25, 0.3) is 10.6 Å². The molecular formula is C20H18ClN3O2S. The lowest BCUT2D eigenvalue weighted by atomic mass is 9.91. The first-order valence-corrected chi connectivity index (χ1v) is 10.0. The highest BCUT2D eigenvalue weighted by molar-refractivity contribution is 7.18. The number of aromatic nitrogens is 2. The Morgan fingerprint density at radius 2 is 1.93 bits per heavy atom. The summed E-state index contributed by atoms with van der Waals surface area (Å²) in [7, 11) is 0. The summed E-state index contributed by atoms with van der Waals surface area (Å²) in [5.41, 5.74) is 3.47. The quantitative estimate of drug-likeness (QED) is 0.672. The maximum absolute atomic E-state index is 12.2. The maximum atomic E-state index is 12.2. The molecule has 0 aliphatic heterocycles. The van der Waals surface area contributed by atoms with E-state index in [-0.39, 0.29) is 12.5 Å². The summed E-state index contributed by atoms with van der Waals surface area (Å²) in [6.07, 6.45) is 4.47. The highest BCUT2D eigenvalue weighted by atomic mass is 35.5. The minimum Gasteiger partial charge on any atom is -0.483 e. The molecule has 1 amide bonds. The van der Waals surface area contributed by atoms with Crippen molar-refractivity contribution in [2.75, 3.05) is 11.9 Å². The summed E-state index contributed by atoms with van der Waals surface area (Å²) in [6.45, 7) is -0.0493. The van der Waals surface area contributed by atoms with Gasteiger partial charge in [0.2, 0.25) is 5.13 Å². The molecule has 0 unspecified atom stereocenters. The Labute approximate surface area is 166 Å². The molecule has 5 nitrogen and oxygen atoms in total. The highest BCUT2D eigenvalue weighted by Crippen LogP contribution is 2.30. The first kappa shape index (κ1) is 17.9. The molecule has 1 aromatic heterocycles. The third-order valence-corrected chi connectivity index (χ3v) is 5.61. The normalized spacial score (nSPS) is 13.1. The smallest absolute Gasteiger partial charge is 0.264 e. The van der Waals surface area contributed by atoms with Crippen LogP contribution in [0.5, 0.6) is 5.75 Å². The Hall–Kier alpha value is -2.44. The van der Waals surface area contributed by atoms with E-state index in [1.165, 1.54) is 28.9 Å². The van der Waals surface area contributed by atoms with Gasteiger partial charge in [-0.05, 0) is 55.0 Å². The molecule has 0 bridgehead atoms. The van der Waals surface area contributed by atoms with Crippen molar-refractivity contribution in [3.63, 3.8) is 0 Å². The van der Waals surface area contributed by atoms with E-state index in [1.54, 1.807) is 12.1 Å². The van der Waals surface area contributed by atoms with Crippen LogP contribution < -0.4 is 10.1 Å². The summed E-state index contributed by atoms with van der Waals surface area (Å²) < 4.78 is 5.77. The van der Waals surface area contributed by atoms with Gasteiger partial charge in [-0.2, -0.15) is 0 Å². The van der Waals surface area contributed by atoms with E-state index in [1.807, 2.05) is 24.3 Å². The molecule has 0 fully saturated rings. The van der Waals surface area contributed by atoms with Gasteiger partial charge in [-0.15, -0.1) is 10.2 Å². The molecule has 2 aromatic carbocycles. The zero-order valence-corrected chi connectivity index (χ0v) is 16.1. The van der Waals surface area contributed by atoms with Crippen LogP contribution in [0.1, 0.15) is 24.0 Å². The van der Waals surface area contributed by atoms with Crippen molar-refractivity contribution in [2.45, 2.75) is 25.7 Å². The fourth-order valence-electron chi connectivity index (χ4n) is 3.16. The van der Waals surface area contributed by atoms with Crippen LogP contribution in [0.15, 0.2) is 42.5 Å². The lowest BCUT2D eigenvalue weighted by Gasteiger charge is -2.19. The number of amides is 1. The second kappa shape index (κ2) is 8.06. The highest BCUT2D eigenvalue weighted by Gasteiger charge is 2.15. The molecule has 0 radical (unpaired) electrons. The number of rotatable bonds is 5. The van der Waals surface area contributed by atoms with Gasteiger partial charge in [0.25, 0.3) is 5.91 Å². The van der Waals surface area contributed by atoms with Gasteiger partial charge < -0.3 is 4.74 Å². The minimum absolute atomic E-state index is 0.0493. The molecule has 1 heterocycles. The van der Waals surface area contributed by atoms with Crippen molar-refractivity contribution in [2.24, 2.45) is 0 Å². The summed E-state index contributed by atoms with van der Waals surface area (Å²) in [5.74, 6) is 0.559. The van der Waals surface area contributed by atoms with Gasteiger partial charge in [-0.25, -0.2) is 0 Å². The first-order chi connectivity index (χ1) is 13.2. The van der Waals surface area contributed by atoms with E-state index < -0.39 is 0 Å². The van der Waals surface area contributed by atoms with Crippen molar-refractivity contribution in [3.05, 3.63) is 58.6 Å². The molecule has 3 aromatic rings. The number of nitrogens with zero attached hydrogens (tertiary/aromatic N) is 2. The number of aryl methyl sites for hydroxylation is 1. The van der Waals surface area contributed by atoms with Gasteiger partial charge in [-0.3, -0.25) is 10.1 Å². The van der Waals surface area contributed by atoms with Crippen LogP contribution in [0.3, 0.4) is 0 Å². The fraction of sp³-hybridized carbons (Fsp3) is 0.250. The SMILES string of the molecule is O=C(COc1cccc2c1CCCC2)Nc1nnc(-c2ccc(Cl)cc2)s1. The number of carbonyl (C=O) groups is 1. The van der Waals surface area contributed by atoms with Crippen LogP contribution in [0.2, 0.25) is 5.02 Å². The maximum Gasteiger partial charge on any atom is 0.264 e. The molecule has 138 valence electrons. The zero-order chi connectivity index (χ0) is 18.6. The summed E-state index contributed by atoms with van der Waals surface area (Å²) in [5, 5.41) is 12.7. The molecule has 0 atom stereocenters. The number of ether oxygens (including phenoxy) is 1.